The lowest BCUT2D eigenvalue weighted by Crippen LogP contribution is -2.40. The lowest BCUT2D eigenvalue weighted by Gasteiger charge is -2.39. The molecule has 2 aliphatic heterocycles. The van der Waals surface area contributed by atoms with Crippen molar-refractivity contribution in [3.05, 3.63) is 45.7 Å². The van der Waals surface area contributed by atoms with Crippen LogP contribution in [0.1, 0.15) is 16.5 Å². The molecule has 0 bridgehead atoms. The lowest BCUT2D eigenvalue weighted by molar-refractivity contribution is -0.136. The molecule has 3 heterocycles. The molecule has 3 rings (SSSR count). The summed E-state index contributed by atoms with van der Waals surface area (Å²) in [5.41, 5.74) is 3.05. The van der Waals surface area contributed by atoms with E-state index >= 15 is 0 Å². The molecule has 0 spiro atoms. The van der Waals surface area contributed by atoms with Gasteiger partial charge in [-0.2, -0.15) is 0 Å². The SMILES string of the molecule is C=C1C=C(C(=O)OC)CN2CCc3sccc3C12. The molecule has 94 valence electrons. The number of ether oxygens (including phenoxy) is 1. The van der Waals surface area contributed by atoms with Crippen LogP contribution in [0.3, 0.4) is 0 Å². The second-order valence-electron chi connectivity index (χ2n) is 4.66. The van der Waals surface area contributed by atoms with Crippen molar-refractivity contribution in [2.45, 2.75) is 12.5 Å². The van der Waals surface area contributed by atoms with Crippen LogP contribution in [-0.2, 0) is 16.0 Å². The van der Waals surface area contributed by atoms with Gasteiger partial charge in [0.05, 0.1) is 18.7 Å². The van der Waals surface area contributed by atoms with Gasteiger partial charge in [0.2, 0.25) is 0 Å². The van der Waals surface area contributed by atoms with Gasteiger partial charge in [0.15, 0.2) is 0 Å². The summed E-state index contributed by atoms with van der Waals surface area (Å²) in [6, 6.07) is 2.42. The van der Waals surface area contributed by atoms with Gasteiger partial charge in [0, 0.05) is 18.0 Å². The van der Waals surface area contributed by atoms with Crippen molar-refractivity contribution in [1.82, 2.24) is 4.90 Å². The minimum atomic E-state index is -0.245. The molecule has 4 heteroatoms. The zero-order valence-corrected chi connectivity index (χ0v) is 11.1. The molecule has 0 amide bonds. The van der Waals surface area contributed by atoms with Crippen LogP contribution >= 0.6 is 11.3 Å². The highest BCUT2D eigenvalue weighted by Crippen LogP contribution is 2.40. The molecule has 1 unspecified atom stereocenters. The van der Waals surface area contributed by atoms with Gasteiger partial charge < -0.3 is 4.74 Å². The third kappa shape index (κ3) is 1.72. The van der Waals surface area contributed by atoms with Crippen molar-refractivity contribution >= 4 is 17.3 Å². The Morgan fingerprint density at radius 1 is 1.61 bits per heavy atom. The van der Waals surface area contributed by atoms with Gasteiger partial charge in [-0.3, -0.25) is 4.90 Å². The first-order chi connectivity index (χ1) is 8.70. The maximum atomic E-state index is 11.6. The fraction of sp³-hybridized carbons (Fsp3) is 0.357. The molecule has 0 saturated carbocycles. The van der Waals surface area contributed by atoms with Crippen molar-refractivity contribution in [2.24, 2.45) is 0 Å². The summed E-state index contributed by atoms with van der Waals surface area (Å²) in [6.45, 7) is 5.76. The second kappa shape index (κ2) is 4.37. The summed E-state index contributed by atoms with van der Waals surface area (Å²) in [5, 5.41) is 2.14. The maximum Gasteiger partial charge on any atom is 0.335 e. The van der Waals surface area contributed by atoms with E-state index in [0.717, 1.165) is 18.5 Å². The first-order valence-corrected chi connectivity index (χ1v) is 6.86. The molecule has 1 atom stereocenters. The zero-order chi connectivity index (χ0) is 12.7. The van der Waals surface area contributed by atoms with Crippen molar-refractivity contribution < 1.29 is 9.53 Å². The summed E-state index contributed by atoms with van der Waals surface area (Å²) in [6.07, 6.45) is 2.95. The van der Waals surface area contributed by atoms with Gasteiger partial charge in [-0.1, -0.05) is 6.58 Å². The molecule has 0 aliphatic carbocycles. The standard InChI is InChI=1S/C14H15NO2S/c1-9-7-10(14(16)17-2)8-15-5-3-12-11(13(9)15)4-6-18-12/h4,6-7,13H,1,3,5,8H2,2H3. The normalized spacial score (nSPS) is 23.1. The van der Waals surface area contributed by atoms with Crippen molar-refractivity contribution in [3.63, 3.8) is 0 Å². The van der Waals surface area contributed by atoms with Crippen molar-refractivity contribution in [1.29, 1.82) is 0 Å². The molecule has 1 aromatic rings. The van der Waals surface area contributed by atoms with Gasteiger partial charge in [0.25, 0.3) is 0 Å². The van der Waals surface area contributed by atoms with E-state index in [1.165, 1.54) is 17.6 Å². The Balaban J connectivity index is 1.97. The van der Waals surface area contributed by atoms with E-state index in [4.69, 9.17) is 4.74 Å². The van der Waals surface area contributed by atoms with Crippen LogP contribution in [-0.4, -0.2) is 31.1 Å². The topological polar surface area (TPSA) is 29.5 Å². The first-order valence-electron chi connectivity index (χ1n) is 5.98. The van der Waals surface area contributed by atoms with Crippen LogP contribution in [0, 0.1) is 0 Å². The number of hydrogen-bond donors (Lipinski definition) is 0. The fourth-order valence-corrected chi connectivity index (χ4v) is 3.70. The Morgan fingerprint density at radius 3 is 3.22 bits per heavy atom. The Kier molecular flexibility index (Phi) is 2.84. The number of fused-ring (bicyclic) bond motifs is 3. The fourth-order valence-electron chi connectivity index (χ4n) is 2.79. The van der Waals surface area contributed by atoms with E-state index in [-0.39, 0.29) is 12.0 Å². The zero-order valence-electron chi connectivity index (χ0n) is 10.3. The predicted octanol–water partition coefficient (Wildman–Crippen LogP) is 2.32. The van der Waals surface area contributed by atoms with Gasteiger partial charge in [-0.15, -0.1) is 11.3 Å². The Labute approximate surface area is 110 Å². The monoisotopic (exact) mass is 261 g/mol. The molecular formula is C14H15NO2S. The number of nitrogens with zero attached hydrogens (tertiary/aromatic N) is 1. The van der Waals surface area contributed by atoms with E-state index in [1.807, 2.05) is 17.4 Å². The molecule has 18 heavy (non-hydrogen) atoms. The van der Waals surface area contributed by atoms with E-state index in [0.29, 0.717) is 12.1 Å². The molecule has 0 saturated heterocycles. The van der Waals surface area contributed by atoms with Crippen LogP contribution in [0.2, 0.25) is 0 Å². The Morgan fingerprint density at radius 2 is 2.44 bits per heavy atom. The summed E-state index contributed by atoms with van der Waals surface area (Å²) < 4.78 is 4.80. The highest BCUT2D eigenvalue weighted by molar-refractivity contribution is 7.10. The third-order valence-electron chi connectivity index (χ3n) is 3.60. The molecule has 2 aliphatic rings. The second-order valence-corrected chi connectivity index (χ2v) is 5.66. The van der Waals surface area contributed by atoms with Gasteiger partial charge in [-0.05, 0) is 35.1 Å². The van der Waals surface area contributed by atoms with Crippen LogP contribution in [0.5, 0.6) is 0 Å². The number of methoxy groups -OCH3 is 1. The lowest BCUT2D eigenvalue weighted by atomic mass is 9.89. The highest BCUT2D eigenvalue weighted by Gasteiger charge is 2.34. The number of carbonyl (C=O) groups excluding carboxylic acids is 1. The molecule has 0 fully saturated rings. The van der Waals surface area contributed by atoms with Gasteiger partial charge in [-0.25, -0.2) is 4.79 Å². The third-order valence-corrected chi connectivity index (χ3v) is 4.59. The summed E-state index contributed by atoms with van der Waals surface area (Å²) in [4.78, 5) is 15.4. The Bertz CT molecular complexity index is 544. The molecular weight excluding hydrogens is 246 g/mol. The molecule has 1 aromatic heterocycles. The average molecular weight is 261 g/mol. The van der Waals surface area contributed by atoms with Crippen LogP contribution < -0.4 is 0 Å². The number of hydrogen-bond acceptors (Lipinski definition) is 4. The number of carbonyl (C=O) groups is 1. The quantitative estimate of drug-likeness (QED) is 0.727. The van der Waals surface area contributed by atoms with Gasteiger partial charge >= 0.3 is 5.97 Å². The number of rotatable bonds is 1. The van der Waals surface area contributed by atoms with E-state index in [9.17, 15) is 4.79 Å². The molecule has 0 aromatic carbocycles. The van der Waals surface area contributed by atoms with Crippen LogP contribution in [0.15, 0.2) is 35.2 Å². The average Bonchev–Trinajstić information content (AvgIpc) is 2.85. The highest BCUT2D eigenvalue weighted by atomic mass is 32.1. The predicted molar refractivity (Wildman–Crippen MR) is 71.6 cm³/mol. The van der Waals surface area contributed by atoms with E-state index in [2.05, 4.69) is 22.9 Å². The Hall–Kier alpha value is -1.39. The molecule has 0 N–H and O–H groups in total. The summed E-state index contributed by atoms with van der Waals surface area (Å²) >= 11 is 1.81. The smallest absolute Gasteiger partial charge is 0.335 e. The van der Waals surface area contributed by atoms with E-state index in [1.54, 1.807) is 0 Å². The minimum absolute atomic E-state index is 0.244. The largest absolute Gasteiger partial charge is 0.466 e. The van der Waals surface area contributed by atoms with Crippen molar-refractivity contribution in [3.8, 4) is 0 Å². The maximum absolute atomic E-state index is 11.6. The summed E-state index contributed by atoms with van der Waals surface area (Å²) in [7, 11) is 1.42. The first kappa shape index (κ1) is 11.7. The number of esters is 1. The number of thiophene rings is 1. The van der Waals surface area contributed by atoms with E-state index < -0.39 is 0 Å². The van der Waals surface area contributed by atoms with Crippen molar-refractivity contribution in [2.75, 3.05) is 20.2 Å². The minimum Gasteiger partial charge on any atom is -0.466 e. The van der Waals surface area contributed by atoms with Crippen LogP contribution in [0.4, 0.5) is 0 Å². The van der Waals surface area contributed by atoms with Crippen LogP contribution in [0.25, 0.3) is 0 Å². The molecule has 3 nitrogen and oxygen atoms in total. The van der Waals surface area contributed by atoms with Gasteiger partial charge in [0.1, 0.15) is 0 Å². The summed E-state index contributed by atoms with van der Waals surface area (Å²) in [5.74, 6) is -0.245. The molecule has 0 radical (unpaired) electrons.